The predicted molar refractivity (Wildman–Crippen MR) is 92.0 cm³/mol. The van der Waals surface area contributed by atoms with Crippen LogP contribution in [0.1, 0.15) is 13.8 Å². The smallest absolute Gasteiger partial charge is 0.197 e. The van der Waals surface area contributed by atoms with Gasteiger partial charge in [0.25, 0.3) is 0 Å². The second-order valence-electron chi connectivity index (χ2n) is 4.14. The lowest BCUT2D eigenvalue weighted by Crippen LogP contribution is -1.91. The fourth-order valence-electron chi connectivity index (χ4n) is 1.93. The van der Waals surface area contributed by atoms with Crippen LogP contribution in [0.2, 0.25) is 0 Å². The first-order chi connectivity index (χ1) is 10.3. The van der Waals surface area contributed by atoms with Gasteiger partial charge in [-0.3, -0.25) is 0 Å². The summed E-state index contributed by atoms with van der Waals surface area (Å²) in [7, 11) is 0. The van der Waals surface area contributed by atoms with Gasteiger partial charge < -0.3 is 0 Å². The summed E-state index contributed by atoms with van der Waals surface area (Å²) in [5, 5.41) is 0. The lowest BCUT2D eigenvalue weighted by atomic mass is 10.1. The third kappa shape index (κ3) is 3.99. The van der Waals surface area contributed by atoms with Gasteiger partial charge >= 0.3 is 0 Å². The molecular formula is C18H17BrN2. The van der Waals surface area contributed by atoms with Gasteiger partial charge in [0.15, 0.2) is 4.73 Å². The molecule has 0 atom stereocenters. The average molecular weight is 341 g/mol. The molecule has 0 aliphatic rings. The summed E-state index contributed by atoms with van der Waals surface area (Å²) in [4.78, 5) is 8.87. The molecule has 1 aromatic heterocycles. The van der Waals surface area contributed by atoms with Crippen LogP contribution >= 0.6 is 15.9 Å². The fraction of sp³-hybridized carbons (Fsp3) is 0.111. The number of hydrogen-bond donors (Lipinski definition) is 0. The third-order valence-electron chi connectivity index (χ3n) is 2.84. The molecule has 0 saturated heterocycles. The number of benzene rings is 2. The maximum Gasteiger partial charge on any atom is 0.197 e. The van der Waals surface area contributed by atoms with Crippen LogP contribution in [-0.2, 0) is 0 Å². The van der Waals surface area contributed by atoms with Crippen molar-refractivity contribution >= 4 is 15.9 Å². The lowest BCUT2D eigenvalue weighted by molar-refractivity contribution is 1.12. The quantitative estimate of drug-likeness (QED) is 0.567. The Bertz CT molecular complexity index is 624. The monoisotopic (exact) mass is 340 g/mol. The molecule has 3 heteroatoms. The minimum Gasteiger partial charge on any atom is -0.222 e. The molecule has 0 unspecified atom stereocenters. The highest BCUT2D eigenvalue weighted by Gasteiger charge is 2.06. The highest BCUT2D eigenvalue weighted by Crippen LogP contribution is 2.24. The second kappa shape index (κ2) is 7.70. The fourth-order valence-corrected chi connectivity index (χ4v) is 2.31. The zero-order valence-corrected chi connectivity index (χ0v) is 13.7. The first-order valence-corrected chi connectivity index (χ1v) is 7.78. The SMILES string of the molecule is Brc1nc(-c2ccccc2)cc(-c2ccccc2)n1.CC. The molecule has 1 heterocycles. The molecule has 0 N–H and O–H groups in total. The summed E-state index contributed by atoms with van der Waals surface area (Å²) in [6.07, 6.45) is 0. The van der Waals surface area contributed by atoms with E-state index in [4.69, 9.17) is 0 Å². The van der Waals surface area contributed by atoms with Crippen molar-refractivity contribution in [2.75, 3.05) is 0 Å². The van der Waals surface area contributed by atoms with Crippen LogP contribution in [0.5, 0.6) is 0 Å². The van der Waals surface area contributed by atoms with E-state index in [-0.39, 0.29) is 0 Å². The summed E-state index contributed by atoms with van der Waals surface area (Å²) >= 11 is 3.39. The van der Waals surface area contributed by atoms with E-state index in [0.717, 1.165) is 22.5 Å². The van der Waals surface area contributed by atoms with Crippen LogP contribution in [0.25, 0.3) is 22.5 Å². The van der Waals surface area contributed by atoms with Gasteiger partial charge in [0.05, 0.1) is 11.4 Å². The summed E-state index contributed by atoms with van der Waals surface area (Å²) in [5.41, 5.74) is 4.01. The zero-order valence-electron chi connectivity index (χ0n) is 12.1. The molecule has 21 heavy (non-hydrogen) atoms. The molecule has 0 saturated carbocycles. The van der Waals surface area contributed by atoms with E-state index < -0.39 is 0 Å². The van der Waals surface area contributed by atoms with E-state index in [1.807, 2.05) is 80.6 Å². The minimum absolute atomic E-state index is 0.604. The molecule has 0 aliphatic heterocycles. The highest BCUT2D eigenvalue weighted by molar-refractivity contribution is 9.10. The van der Waals surface area contributed by atoms with Crippen molar-refractivity contribution in [2.45, 2.75) is 13.8 Å². The van der Waals surface area contributed by atoms with Crippen molar-refractivity contribution in [3.63, 3.8) is 0 Å². The molecule has 0 spiro atoms. The van der Waals surface area contributed by atoms with Crippen LogP contribution in [0, 0.1) is 0 Å². The standard InChI is InChI=1S/C16H11BrN2.C2H6/c17-16-18-14(12-7-3-1-4-8-12)11-15(19-16)13-9-5-2-6-10-13;1-2/h1-11H;1-2H3. The lowest BCUT2D eigenvalue weighted by Gasteiger charge is -2.05. The van der Waals surface area contributed by atoms with Crippen molar-refractivity contribution in [1.82, 2.24) is 9.97 Å². The van der Waals surface area contributed by atoms with E-state index in [1.54, 1.807) is 0 Å². The van der Waals surface area contributed by atoms with Crippen LogP contribution in [0.4, 0.5) is 0 Å². The van der Waals surface area contributed by atoms with Crippen LogP contribution in [0.15, 0.2) is 71.5 Å². The van der Waals surface area contributed by atoms with Gasteiger partial charge in [-0.05, 0) is 22.0 Å². The molecular weight excluding hydrogens is 324 g/mol. The van der Waals surface area contributed by atoms with Crippen molar-refractivity contribution in [3.05, 3.63) is 71.5 Å². The van der Waals surface area contributed by atoms with Gasteiger partial charge in [0.1, 0.15) is 0 Å². The molecule has 2 nitrogen and oxygen atoms in total. The van der Waals surface area contributed by atoms with Gasteiger partial charge in [0.2, 0.25) is 0 Å². The van der Waals surface area contributed by atoms with Crippen LogP contribution < -0.4 is 0 Å². The Morgan fingerprint density at radius 2 is 1.05 bits per heavy atom. The van der Waals surface area contributed by atoms with Gasteiger partial charge in [-0.2, -0.15) is 0 Å². The number of nitrogens with zero attached hydrogens (tertiary/aromatic N) is 2. The van der Waals surface area contributed by atoms with Crippen LogP contribution in [-0.4, -0.2) is 9.97 Å². The largest absolute Gasteiger partial charge is 0.222 e. The molecule has 3 rings (SSSR count). The molecule has 0 bridgehead atoms. The Labute approximate surface area is 134 Å². The summed E-state index contributed by atoms with van der Waals surface area (Å²) in [6, 6.07) is 22.2. The number of halogens is 1. The molecule has 0 amide bonds. The Morgan fingerprint density at radius 1 is 0.667 bits per heavy atom. The van der Waals surface area contributed by atoms with E-state index in [0.29, 0.717) is 4.73 Å². The van der Waals surface area contributed by atoms with Gasteiger partial charge in [-0.15, -0.1) is 0 Å². The normalized spacial score (nSPS) is 9.67. The topological polar surface area (TPSA) is 25.8 Å². The van der Waals surface area contributed by atoms with Crippen LogP contribution in [0.3, 0.4) is 0 Å². The Kier molecular flexibility index (Phi) is 5.64. The number of hydrogen-bond acceptors (Lipinski definition) is 2. The van der Waals surface area contributed by atoms with Gasteiger partial charge in [-0.25, -0.2) is 9.97 Å². The summed E-state index contributed by atoms with van der Waals surface area (Å²) in [6.45, 7) is 4.00. The van der Waals surface area contributed by atoms with Crippen molar-refractivity contribution in [2.24, 2.45) is 0 Å². The molecule has 3 aromatic rings. The molecule has 2 aromatic carbocycles. The zero-order chi connectivity index (χ0) is 15.1. The number of aromatic nitrogens is 2. The average Bonchev–Trinajstić information content (AvgIpc) is 2.58. The van der Waals surface area contributed by atoms with Gasteiger partial charge in [-0.1, -0.05) is 74.5 Å². The highest BCUT2D eigenvalue weighted by atomic mass is 79.9. The summed E-state index contributed by atoms with van der Waals surface area (Å²) < 4.78 is 0.604. The van der Waals surface area contributed by atoms with E-state index >= 15 is 0 Å². The van der Waals surface area contributed by atoms with E-state index in [2.05, 4.69) is 25.9 Å². The Morgan fingerprint density at radius 3 is 1.43 bits per heavy atom. The minimum atomic E-state index is 0.604. The first-order valence-electron chi connectivity index (χ1n) is 6.98. The first kappa shape index (κ1) is 15.4. The Hall–Kier alpha value is -2.00. The van der Waals surface area contributed by atoms with E-state index in [9.17, 15) is 0 Å². The summed E-state index contributed by atoms with van der Waals surface area (Å²) in [5.74, 6) is 0. The predicted octanol–water partition coefficient (Wildman–Crippen LogP) is 5.60. The van der Waals surface area contributed by atoms with E-state index in [1.165, 1.54) is 0 Å². The maximum absolute atomic E-state index is 4.44. The number of rotatable bonds is 2. The van der Waals surface area contributed by atoms with Crippen molar-refractivity contribution < 1.29 is 0 Å². The van der Waals surface area contributed by atoms with Crippen molar-refractivity contribution in [1.29, 1.82) is 0 Å². The molecule has 0 radical (unpaired) electrons. The molecule has 106 valence electrons. The third-order valence-corrected chi connectivity index (χ3v) is 3.19. The molecule has 0 fully saturated rings. The second-order valence-corrected chi connectivity index (χ2v) is 4.85. The van der Waals surface area contributed by atoms with Gasteiger partial charge in [0, 0.05) is 11.1 Å². The van der Waals surface area contributed by atoms with Crippen molar-refractivity contribution in [3.8, 4) is 22.5 Å². The molecule has 0 aliphatic carbocycles. The maximum atomic E-state index is 4.44. The Balaban J connectivity index is 0.000000774.